The third-order valence-corrected chi connectivity index (χ3v) is 7.57. The molecular weight excluding hydrogens is 614 g/mol. The number of hydrogen-bond donors (Lipinski definition) is 5. The Morgan fingerprint density at radius 1 is 0.653 bits per heavy atom. The van der Waals surface area contributed by atoms with Gasteiger partial charge in [-0.1, -0.05) is 72.8 Å². The molecule has 5 N–H and O–H groups in total. The van der Waals surface area contributed by atoms with Gasteiger partial charge >= 0.3 is 0 Å². The molecule has 6 aromatic rings. The Balaban J connectivity index is 0.000000177. The molecule has 248 valence electrons. The number of rotatable bonds is 9. The SMILES string of the molecule is Cc1cc(Nc2cc(N3CCC(O)CC3)nc(/C=C/c3ccccc3)n2)n[nH]1.Cc1cc(Nc2ccnc(/C=C/c3ccccc3)n2)n[nH]1. The number of nitrogens with one attached hydrogen (secondary N) is 4. The van der Waals surface area contributed by atoms with Crippen LogP contribution >= 0.6 is 0 Å². The summed E-state index contributed by atoms with van der Waals surface area (Å²) in [6.45, 7) is 5.46. The molecule has 7 rings (SSSR count). The molecule has 49 heavy (non-hydrogen) atoms. The number of piperidine rings is 1. The van der Waals surface area contributed by atoms with E-state index in [0.717, 1.165) is 60.1 Å². The number of aromatic amines is 2. The molecule has 0 saturated carbocycles. The lowest BCUT2D eigenvalue weighted by Crippen LogP contribution is -2.36. The molecule has 0 bridgehead atoms. The van der Waals surface area contributed by atoms with Crippen LogP contribution in [0.3, 0.4) is 0 Å². The summed E-state index contributed by atoms with van der Waals surface area (Å²) in [4.78, 5) is 20.2. The first-order chi connectivity index (χ1) is 23.9. The average Bonchev–Trinajstić information content (AvgIpc) is 3.74. The van der Waals surface area contributed by atoms with Gasteiger partial charge in [0.25, 0.3) is 0 Å². The minimum Gasteiger partial charge on any atom is -0.393 e. The summed E-state index contributed by atoms with van der Waals surface area (Å²) in [5.74, 6) is 4.99. The van der Waals surface area contributed by atoms with Crippen molar-refractivity contribution >= 4 is 53.4 Å². The monoisotopic (exact) mass is 653 g/mol. The van der Waals surface area contributed by atoms with Gasteiger partial charge in [-0.25, -0.2) is 19.9 Å². The highest BCUT2D eigenvalue weighted by Crippen LogP contribution is 2.23. The molecule has 5 heterocycles. The average molecular weight is 654 g/mol. The molecule has 4 aromatic heterocycles. The van der Waals surface area contributed by atoms with Crippen LogP contribution in [0.25, 0.3) is 24.3 Å². The van der Waals surface area contributed by atoms with E-state index >= 15 is 0 Å². The number of aromatic nitrogens is 8. The smallest absolute Gasteiger partial charge is 0.156 e. The minimum absolute atomic E-state index is 0.222. The number of hydrogen-bond acceptors (Lipinski definition) is 10. The number of aryl methyl sites for hydroxylation is 2. The van der Waals surface area contributed by atoms with Crippen LogP contribution in [0.1, 0.15) is 47.0 Å². The van der Waals surface area contributed by atoms with E-state index in [-0.39, 0.29) is 6.10 Å². The quantitative estimate of drug-likeness (QED) is 0.112. The number of aliphatic hydroxyl groups excluding tert-OH is 1. The standard InChI is InChI=1S/C21H24N6O.C16H15N5/c1-15-13-20(26-25-15)23-19-14-21(27-11-9-17(28)10-12-27)24-18(22-19)8-7-16-5-3-2-4-6-16;1-12-11-16(21-20-12)19-15-9-10-17-14(18-15)8-7-13-5-3-2-4-6-13/h2-8,13-14,17,28H,9-12H2,1H3,(H2,22,23,24,25,26);2-11H,1H3,(H2,17,18,19,20,21)/b2*8-7+. The summed E-state index contributed by atoms with van der Waals surface area (Å²) in [5, 5.41) is 30.3. The lowest BCUT2D eigenvalue weighted by atomic mass is 10.1. The maximum atomic E-state index is 9.80. The van der Waals surface area contributed by atoms with Gasteiger partial charge in [0.1, 0.15) is 17.5 Å². The van der Waals surface area contributed by atoms with Gasteiger partial charge in [-0.15, -0.1) is 0 Å². The first-order valence-electron chi connectivity index (χ1n) is 16.1. The maximum absolute atomic E-state index is 9.80. The van der Waals surface area contributed by atoms with E-state index in [1.54, 1.807) is 6.20 Å². The maximum Gasteiger partial charge on any atom is 0.156 e. The van der Waals surface area contributed by atoms with Gasteiger partial charge in [0.05, 0.1) is 6.10 Å². The van der Waals surface area contributed by atoms with Gasteiger partial charge in [-0.2, -0.15) is 10.2 Å². The van der Waals surface area contributed by atoms with Crippen LogP contribution in [-0.4, -0.2) is 64.6 Å². The zero-order chi connectivity index (χ0) is 33.8. The summed E-state index contributed by atoms with van der Waals surface area (Å²) >= 11 is 0. The Morgan fingerprint density at radius 2 is 1.20 bits per heavy atom. The third kappa shape index (κ3) is 9.92. The Kier molecular flexibility index (Phi) is 10.8. The normalized spacial score (nSPS) is 13.4. The second-order valence-corrected chi connectivity index (χ2v) is 11.6. The Hall–Kier alpha value is -6.14. The fourth-order valence-corrected chi connectivity index (χ4v) is 5.07. The Labute approximate surface area is 285 Å². The highest BCUT2D eigenvalue weighted by atomic mass is 16.3. The predicted molar refractivity (Wildman–Crippen MR) is 195 cm³/mol. The molecule has 12 nitrogen and oxygen atoms in total. The molecule has 0 unspecified atom stereocenters. The molecule has 0 aliphatic carbocycles. The third-order valence-electron chi connectivity index (χ3n) is 7.57. The summed E-state index contributed by atoms with van der Waals surface area (Å²) in [6.07, 6.45) is 10.8. The van der Waals surface area contributed by atoms with Crippen molar-refractivity contribution in [3.05, 3.63) is 125 Å². The molecule has 1 fully saturated rings. The van der Waals surface area contributed by atoms with Crippen LogP contribution < -0.4 is 15.5 Å². The van der Waals surface area contributed by atoms with E-state index < -0.39 is 0 Å². The van der Waals surface area contributed by atoms with E-state index in [1.165, 1.54) is 0 Å². The topological polar surface area (TPSA) is 156 Å². The summed E-state index contributed by atoms with van der Waals surface area (Å²) in [7, 11) is 0. The largest absolute Gasteiger partial charge is 0.393 e. The molecule has 1 saturated heterocycles. The van der Waals surface area contributed by atoms with Crippen molar-refractivity contribution in [1.29, 1.82) is 0 Å². The second kappa shape index (κ2) is 16.1. The second-order valence-electron chi connectivity index (χ2n) is 11.6. The van der Waals surface area contributed by atoms with Crippen LogP contribution in [0.4, 0.5) is 29.1 Å². The Morgan fingerprint density at radius 3 is 1.78 bits per heavy atom. The predicted octanol–water partition coefficient (Wildman–Crippen LogP) is 6.81. The zero-order valence-corrected chi connectivity index (χ0v) is 27.5. The van der Waals surface area contributed by atoms with Crippen molar-refractivity contribution in [3.8, 4) is 0 Å². The summed E-state index contributed by atoms with van der Waals surface area (Å²) in [5.41, 5.74) is 4.18. The van der Waals surface area contributed by atoms with Crippen molar-refractivity contribution in [2.45, 2.75) is 32.8 Å². The fourth-order valence-electron chi connectivity index (χ4n) is 5.07. The van der Waals surface area contributed by atoms with Crippen molar-refractivity contribution in [2.24, 2.45) is 0 Å². The Bertz CT molecular complexity index is 1980. The lowest BCUT2D eigenvalue weighted by molar-refractivity contribution is 0.145. The molecule has 0 atom stereocenters. The number of H-pyrrole nitrogens is 2. The van der Waals surface area contributed by atoms with Crippen molar-refractivity contribution in [2.75, 3.05) is 28.6 Å². The van der Waals surface area contributed by atoms with E-state index in [1.807, 2.05) is 123 Å². The van der Waals surface area contributed by atoms with Crippen molar-refractivity contribution in [3.63, 3.8) is 0 Å². The number of nitrogens with zero attached hydrogens (tertiary/aromatic N) is 7. The van der Waals surface area contributed by atoms with Crippen LogP contribution in [0.2, 0.25) is 0 Å². The fraction of sp³-hybridized carbons (Fsp3) is 0.189. The number of benzene rings is 2. The van der Waals surface area contributed by atoms with Crippen LogP contribution in [0.15, 0.2) is 91.1 Å². The van der Waals surface area contributed by atoms with E-state index in [4.69, 9.17) is 4.98 Å². The van der Waals surface area contributed by atoms with E-state index in [9.17, 15) is 5.11 Å². The highest BCUT2D eigenvalue weighted by molar-refractivity contribution is 5.69. The van der Waals surface area contributed by atoms with E-state index in [0.29, 0.717) is 29.1 Å². The van der Waals surface area contributed by atoms with Gasteiger partial charge in [-0.05, 0) is 56.0 Å². The molecule has 0 amide bonds. The molecular formula is C37H39N11O. The molecule has 1 aliphatic heterocycles. The first kappa shape index (κ1) is 32.8. The summed E-state index contributed by atoms with van der Waals surface area (Å²) in [6, 6.07) is 27.7. The molecule has 0 radical (unpaired) electrons. The van der Waals surface area contributed by atoms with Gasteiger partial charge in [0.15, 0.2) is 23.3 Å². The molecule has 1 aliphatic rings. The lowest BCUT2D eigenvalue weighted by Gasteiger charge is -2.30. The number of anilines is 5. The molecule has 2 aromatic carbocycles. The van der Waals surface area contributed by atoms with Crippen LogP contribution in [-0.2, 0) is 0 Å². The molecule has 0 spiro atoms. The first-order valence-corrected chi connectivity index (χ1v) is 16.1. The molecule has 12 heteroatoms. The van der Waals surface area contributed by atoms with E-state index in [2.05, 4.69) is 50.9 Å². The van der Waals surface area contributed by atoms with Gasteiger partial charge in [0, 0.05) is 48.9 Å². The van der Waals surface area contributed by atoms with Gasteiger partial charge < -0.3 is 20.6 Å². The number of aliphatic hydroxyl groups is 1. The van der Waals surface area contributed by atoms with Gasteiger partial charge in [-0.3, -0.25) is 10.2 Å². The highest BCUT2D eigenvalue weighted by Gasteiger charge is 2.19. The minimum atomic E-state index is -0.222. The zero-order valence-electron chi connectivity index (χ0n) is 27.5. The van der Waals surface area contributed by atoms with Crippen LogP contribution in [0.5, 0.6) is 0 Å². The van der Waals surface area contributed by atoms with Crippen molar-refractivity contribution < 1.29 is 5.11 Å². The van der Waals surface area contributed by atoms with Crippen molar-refractivity contribution in [1.82, 2.24) is 40.3 Å². The summed E-state index contributed by atoms with van der Waals surface area (Å²) < 4.78 is 0. The van der Waals surface area contributed by atoms with Gasteiger partial charge in [0.2, 0.25) is 0 Å². The van der Waals surface area contributed by atoms with Crippen LogP contribution in [0, 0.1) is 13.8 Å².